The largest absolute Gasteiger partial charge is 0.492 e. The Hall–Kier alpha value is -1.54. The Bertz CT molecular complexity index is 744. The zero-order valence-electron chi connectivity index (χ0n) is 18.2. The number of methoxy groups -OCH3 is 1. The summed E-state index contributed by atoms with van der Waals surface area (Å²) < 4.78 is 17.1. The van der Waals surface area contributed by atoms with Crippen LogP contribution in [0.3, 0.4) is 0 Å². The van der Waals surface area contributed by atoms with Crippen LogP contribution in [0.1, 0.15) is 49.0 Å². The third-order valence-electron chi connectivity index (χ3n) is 5.77. The predicted molar refractivity (Wildman–Crippen MR) is 118 cm³/mol. The van der Waals surface area contributed by atoms with E-state index in [1.807, 2.05) is 13.8 Å². The highest BCUT2D eigenvalue weighted by Gasteiger charge is 2.32. The quantitative estimate of drug-likeness (QED) is 0.478. The molecule has 2 atom stereocenters. The number of hydrogen-bond acceptors (Lipinski definition) is 6. The van der Waals surface area contributed by atoms with Crippen LogP contribution in [-0.4, -0.2) is 69.0 Å². The number of nitrogens with two attached hydrogens (primary N) is 1. The minimum Gasteiger partial charge on any atom is -0.492 e. The molecule has 1 saturated heterocycles. The minimum atomic E-state index is -0.194. The highest BCUT2D eigenvalue weighted by Crippen LogP contribution is 2.38. The lowest BCUT2D eigenvalue weighted by Crippen LogP contribution is -2.55. The van der Waals surface area contributed by atoms with Crippen LogP contribution in [0.15, 0.2) is 6.07 Å². The zero-order valence-corrected chi connectivity index (χ0v) is 19.0. The van der Waals surface area contributed by atoms with Crippen molar-refractivity contribution in [2.24, 2.45) is 0 Å². The molecule has 0 radical (unpaired) electrons. The zero-order chi connectivity index (χ0) is 21.7. The van der Waals surface area contributed by atoms with Gasteiger partial charge in [0.25, 0.3) is 5.91 Å². The Balaban J connectivity index is 1.61. The number of hydrogen-bond donors (Lipinski definition) is 2. The van der Waals surface area contributed by atoms with Crippen molar-refractivity contribution in [2.75, 3.05) is 45.7 Å². The molecule has 2 aliphatic rings. The van der Waals surface area contributed by atoms with Gasteiger partial charge in [-0.05, 0) is 45.6 Å². The number of amides is 1. The first-order valence-electron chi connectivity index (χ1n) is 10.8. The maximum absolute atomic E-state index is 13.1. The highest BCUT2D eigenvalue weighted by molar-refractivity contribution is 6.33. The smallest absolute Gasteiger partial charge is 0.255 e. The third-order valence-corrected chi connectivity index (χ3v) is 6.08. The predicted octanol–water partition coefficient (Wildman–Crippen LogP) is 2.88. The Morgan fingerprint density at radius 1 is 1.47 bits per heavy atom. The van der Waals surface area contributed by atoms with Gasteiger partial charge in [-0.2, -0.15) is 0 Å². The number of fused-ring (bicyclic) bond motifs is 1. The number of rotatable bonds is 8. The average molecular weight is 440 g/mol. The van der Waals surface area contributed by atoms with Crippen LogP contribution in [0.25, 0.3) is 0 Å². The maximum Gasteiger partial charge on any atom is 0.255 e. The topological polar surface area (TPSA) is 86.1 Å². The standard InChI is InChI=1S/C22H34ClN3O4/c1-14(2)29-11-5-8-26-9-7-18(19(13-26)28-3)25-22(27)16-12-17(23)20(24)15-6-4-10-30-21(15)16/h12,14,18-19H,4-11,13,24H2,1-3H3,(H,25,27)/t18-,19+/m1/s1. The molecule has 1 aromatic rings. The lowest BCUT2D eigenvalue weighted by atomic mass is 9.98. The Morgan fingerprint density at radius 3 is 3.00 bits per heavy atom. The number of anilines is 1. The van der Waals surface area contributed by atoms with Gasteiger partial charge in [-0.15, -0.1) is 0 Å². The first-order valence-corrected chi connectivity index (χ1v) is 11.2. The third kappa shape index (κ3) is 5.58. The van der Waals surface area contributed by atoms with Crippen molar-refractivity contribution in [1.29, 1.82) is 0 Å². The van der Waals surface area contributed by atoms with Gasteiger partial charge >= 0.3 is 0 Å². The highest BCUT2D eigenvalue weighted by atomic mass is 35.5. The fraction of sp³-hybridized carbons (Fsp3) is 0.682. The summed E-state index contributed by atoms with van der Waals surface area (Å²) in [6, 6.07) is 1.54. The molecule has 3 rings (SSSR count). The van der Waals surface area contributed by atoms with Crippen LogP contribution in [0.2, 0.25) is 5.02 Å². The van der Waals surface area contributed by atoms with Crippen LogP contribution in [0, 0.1) is 0 Å². The van der Waals surface area contributed by atoms with Crippen LogP contribution in [0.5, 0.6) is 5.75 Å². The molecule has 0 aromatic heterocycles. The monoisotopic (exact) mass is 439 g/mol. The Kier molecular flexibility index (Phi) is 8.22. The number of ether oxygens (including phenoxy) is 3. The molecule has 8 heteroatoms. The molecule has 2 heterocycles. The molecule has 0 saturated carbocycles. The second kappa shape index (κ2) is 10.7. The van der Waals surface area contributed by atoms with E-state index in [1.165, 1.54) is 0 Å². The number of likely N-dealkylation sites (tertiary alicyclic amines) is 1. The first-order chi connectivity index (χ1) is 14.4. The molecule has 1 aromatic carbocycles. The van der Waals surface area contributed by atoms with Gasteiger partial charge in [0.1, 0.15) is 5.75 Å². The molecular weight excluding hydrogens is 406 g/mol. The SMILES string of the molecule is CO[C@H]1CN(CCCOC(C)C)CC[C@H]1NC(=O)c1cc(Cl)c(N)c2c1OCCC2. The molecule has 3 N–H and O–H groups in total. The van der Waals surface area contributed by atoms with E-state index in [0.29, 0.717) is 28.6 Å². The molecule has 7 nitrogen and oxygen atoms in total. The second-order valence-corrected chi connectivity index (χ2v) is 8.70. The summed E-state index contributed by atoms with van der Waals surface area (Å²) in [4.78, 5) is 15.5. The molecule has 0 unspecified atom stereocenters. The van der Waals surface area contributed by atoms with E-state index < -0.39 is 0 Å². The van der Waals surface area contributed by atoms with E-state index >= 15 is 0 Å². The van der Waals surface area contributed by atoms with Crippen molar-refractivity contribution >= 4 is 23.2 Å². The average Bonchev–Trinajstić information content (AvgIpc) is 2.74. The summed E-state index contributed by atoms with van der Waals surface area (Å²) in [5.74, 6) is 0.373. The van der Waals surface area contributed by atoms with E-state index in [9.17, 15) is 4.79 Å². The number of benzene rings is 1. The fourth-order valence-corrected chi connectivity index (χ4v) is 4.37. The maximum atomic E-state index is 13.1. The molecule has 168 valence electrons. The van der Waals surface area contributed by atoms with Gasteiger partial charge in [0.15, 0.2) is 0 Å². The van der Waals surface area contributed by atoms with Gasteiger partial charge in [0.05, 0.1) is 41.1 Å². The Labute approximate surface area is 184 Å². The van der Waals surface area contributed by atoms with Crippen molar-refractivity contribution in [1.82, 2.24) is 10.2 Å². The molecule has 30 heavy (non-hydrogen) atoms. The van der Waals surface area contributed by atoms with Crippen molar-refractivity contribution in [2.45, 2.75) is 57.8 Å². The number of carbonyl (C=O) groups is 1. The number of nitrogen functional groups attached to an aromatic ring is 1. The van der Waals surface area contributed by atoms with Crippen LogP contribution in [-0.2, 0) is 15.9 Å². The molecule has 0 aliphatic carbocycles. The van der Waals surface area contributed by atoms with Crippen molar-refractivity contribution in [3.8, 4) is 5.75 Å². The van der Waals surface area contributed by atoms with Crippen LogP contribution in [0.4, 0.5) is 5.69 Å². The van der Waals surface area contributed by atoms with E-state index in [0.717, 1.165) is 57.5 Å². The summed E-state index contributed by atoms with van der Waals surface area (Å²) in [5.41, 5.74) is 7.90. The van der Waals surface area contributed by atoms with Crippen molar-refractivity contribution in [3.63, 3.8) is 0 Å². The number of carbonyl (C=O) groups excluding carboxylic acids is 1. The van der Waals surface area contributed by atoms with Gasteiger partial charge < -0.3 is 30.2 Å². The summed E-state index contributed by atoms with van der Waals surface area (Å²) >= 11 is 6.29. The van der Waals surface area contributed by atoms with Gasteiger partial charge in [0.2, 0.25) is 0 Å². The van der Waals surface area contributed by atoms with Gasteiger partial charge in [0, 0.05) is 38.9 Å². The van der Waals surface area contributed by atoms with Gasteiger partial charge in [-0.3, -0.25) is 4.79 Å². The lowest BCUT2D eigenvalue weighted by Gasteiger charge is -2.38. The summed E-state index contributed by atoms with van der Waals surface area (Å²) in [6.07, 6.45) is 3.62. The Morgan fingerprint density at radius 2 is 2.27 bits per heavy atom. The van der Waals surface area contributed by atoms with Crippen LogP contribution < -0.4 is 15.8 Å². The molecule has 0 bridgehead atoms. The summed E-state index contributed by atoms with van der Waals surface area (Å²) in [7, 11) is 1.69. The molecule has 1 fully saturated rings. The number of nitrogens with zero attached hydrogens (tertiary/aromatic N) is 1. The molecule has 1 amide bonds. The summed E-state index contributed by atoms with van der Waals surface area (Å²) in [6.45, 7) is 8.08. The molecule has 2 aliphatic heterocycles. The fourth-order valence-electron chi connectivity index (χ4n) is 4.14. The molecule has 0 spiro atoms. The van der Waals surface area contributed by atoms with Crippen molar-refractivity contribution in [3.05, 3.63) is 22.2 Å². The normalized spacial score (nSPS) is 21.9. The number of halogens is 1. The van der Waals surface area contributed by atoms with Gasteiger partial charge in [-0.1, -0.05) is 11.6 Å². The van der Waals surface area contributed by atoms with E-state index in [1.54, 1.807) is 13.2 Å². The lowest BCUT2D eigenvalue weighted by molar-refractivity contribution is 0.00173. The minimum absolute atomic E-state index is 0.0683. The van der Waals surface area contributed by atoms with E-state index in [2.05, 4.69) is 10.2 Å². The number of piperidine rings is 1. The second-order valence-electron chi connectivity index (χ2n) is 8.30. The van der Waals surface area contributed by atoms with Crippen LogP contribution >= 0.6 is 11.6 Å². The van der Waals surface area contributed by atoms with Gasteiger partial charge in [-0.25, -0.2) is 0 Å². The van der Waals surface area contributed by atoms with E-state index in [4.69, 9.17) is 31.5 Å². The summed E-state index contributed by atoms with van der Waals surface area (Å²) in [5, 5.41) is 3.54. The first kappa shape index (κ1) is 23.1. The molecular formula is C22H34ClN3O4. The number of nitrogens with one attached hydrogen (secondary N) is 1. The van der Waals surface area contributed by atoms with Crippen molar-refractivity contribution < 1.29 is 19.0 Å². The van der Waals surface area contributed by atoms with E-state index in [-0.39, 0.29) is 24.2 Å².